The number of benzene rings is 1. The highest BCUT2D eigenvalue weighted by molar-refractivity contribution is 6.32. The van der Waals surface area contributed by atoms with Gasteiger partial charge in [-0.1, -0.05) is 37.6 Å². The first kappa shape index (κ1) is 19.2. The lowest BCUT2D eigenvalue weighted by atomic mass is 9.92. The van der Waals surface area contributed by atoms with E-state index in [-0.39, 0.29) is 24.3 Å². The second kappa shape index (κ2) is 7.34. The molecule has 2 aliphatic rings. The summed E-state index contributed by atoms with van der Waals surface area (Å²) in [4.78, 5) is 32.3. The maximum absolute atomic E-state index is 13.2. The van der Waals surface area contributed by atoms with Gasteiger partial charge in [0.2, 0.25) is 5.91 Å². The number of amides is 2. The van der Waals surface area contributed by atoms with Crippen molar-refractivity contribution in [2.24, 2.45) is 5.92 Å². The third-order valence-corrected chi connectivity index (χ3v) is 5.62. The molecule has 0 spiro atoms. The van der Waals surface area contributed by atoms with E-state index in [1.165, 1.54) is 0 Å². The van der Waals surface area contributed by atoms with Crippen molar-refractivity contribution in [1.29, 1.82) is 5.26 Å². The summed E-state index contributed by atoms with van der Waals surface area (Å²) in [6.07, 6.45) is 4.06. The Labute approximate surface area is 173 Å². The standard InChI is InChI=1S/C22H19ClN4O2/c1-12(2)20(21(28)26-14-5-3-4-13(8-14)9-24)27-11-16-17(23)10-25-18-7-6-15(19(16)18)22(27)29/h3-6,8,10,12,20H,7,11H2,1-2H3,(H,26,28)/t20-/m1/s1. The van der Waals surface area contributed by atoms with Crippen molar-refractivity contribution >= 4 is 34.7 Å². The molecule has 146 valence electrons. The SMILES string of the molecule is CC(C)[C@H](C(=O)Nc1cccc(C#N)c1)N1Cc2c(Cl)cnc3c2C(=CC3)C1=O. The van der Waals surface area contributed by atoms with E-state index in [9.17, 15) is 9.59 Å². The molecular weight excluding hydrogens is 388 g/mol. The van der Waals surface area contributed by atoms with Crippen molar-refractivity contribution in [2.75, 3.05) is 5.32 Å². The molecule has 1 aromatic heterocycles. The van der Waals surface area contributed by atoms with E-state index in [1.54, 1.807) is 35.4 Å². The van der Waals surface area contributed by atoms with Gasteiger partial charge in [0.05, 0.1) is 22.3 Å². The number of hydrogen-bond acceptors (Lipinski definition) is 4. The Morgan fingerprint density at radius 2 is 2.17 bits per heavy atom. The number of hydrogen-bond donors (Lipinski definition) is 1. The molecule has 2 aromatic rings. The quantitative estimate of drug-likeness (QED) is 0.841. The number of allylic oxidation sites excluding steroid dienone is 1. The van der Waals surface area contributed by atoms with Crippen molar-refractivity contribution in [1.82, 2.24) is 9.88 Å². The van der Waals surface area contributed by atoms with Crippen LogP contribution < -0.4 is 5.32 Å². The summed E-state index contributed by atoms with van der Waals surface area (Å²) in [5.41, 5.74) is 4.06. The molecule has 4 rings (SSSR count). The molecular formula is C22H19ClN4O2. The molecule has 0 unspecified atom stereocenters. The van der Waals surface area contributed by atoms with Gasteiger partial charge < -0.3 is 10.2 Å². The minimum atomic E-state index is -0.685. The van der Waals surface area contributed by atoms with Crippen molar-refractivity contribution in [3.8, 4) is 6.07 Å². The van der Waals surface area contributed by atoms with E-state index in [0.717, 1.165) is 16.8 Å². The van der Waals surface area contributed by atoms with Crippen molar-refractivity contribution < 1.29 is 9.59 Å². The molecule has 0 saturated carbocycles. The van der Waals surface area contributed by atoms with Crippen LogP contribution in [-0.2, 0) is 22.6 Å². The Balaban J connectivity index is 1.67. The summed E-state index contributed by atoms with van der Waals surface area (Å²) in [6.45, 7) is 4.07. The van der Waals surface area contributed by atoms with Crippen LogP contribution in [0.5, 0.6) is 0 Å². The van der Waals surface area contributed by atoms with Gasteiger partial charge >= 0.3 is 0 Å². The van der Waals surface area contributed by atoms with Crippen molar-refractivity contribution in [2.45, 2.75) is 32.9 Å². The zero-order valence-corrected chi connectivity index (χ0v) is 16.8. The number of pyridine rings is 1. The molecule has 1 aliphatic heterocycles. The molecule has 6 nitrogen and oxygen atoms in total. The molecule has 2 amide bonds. The van der Waals surface area contributed by atoms with Crippen LogP contribution in [0.4, 0.5) is 5.69 Å². The number of nitrogens with zero attached hydrogens (tertiary/aromatic N) is 3. The molecule has 0 radical (unpaired) electrons. The van der Waals surface area contributed by atoms with Crippen molar-refractivity contribution in [3.05, 3.63) is 63.9 Å². The molecule has 2 heterocycles. The maximum Gasteiger partial charge on any atom is 0.255 e. The fourth-order valence-electron chi connectivity index (χ4n) is 4.00. The monoisotopic (exact) mass is 406 g/mol. The Kier molecular flexibility index (Phi) is 4.85. The van der Waals surface area contributed by atoms with Gasteiger partial charge in [-0.3, -0.25) is 14.6 Å². The fraction of sp³-hybridized carbons (Fsp3) is 0.273. The van der Waals surface area contributed by atoms with Crippen LogP contribution >= 0.6 is 11.6 Å². The second-order valence-electron chi connectivity index (χ2n) is 7.53. The van der Waals surface area contributed by atoms with E-state index in [1.807, 2.05) is 19.9 Å². The number of rotatable bonds is 4. The summed E-state index contributed by atoms with van der Waals surface area (Å²) in [6, 6.07) is 8.07. The van der Waals surface area contributed by atoms with Gasteiger partial charge in [-0.15, -0.1) is 0 Å². The van der Waals surface area contributed by atoms with Gasteiger partial charge in [-0.25, -0.2) is 0 Å². The normalized spacial score (nSPS) is 15.6. The number of carbonyl (C=O) groups is 2. The van der Waals surface area contributed by atoms with Crippen LogP contribution in [0.3, 0.4) is 0 Å². The average Bonchev–Trinajstić information content (AvgIpc) is 3.13. The summed E-state index contributed by atoms with van der Waals surface area (Å²) < 4.78 is 0. The van der Waals surface area contributed by atoms with Gasteiger partial charge in [0.25, 0.3) is 5.91 Å². The van der Waals surface area contributed by atoms with Crippen LogP contribution in [0.2, 0.25) is 5.02 Å². The zero-order valence-electron chi connectivity index (χ0n) is 16.1. The van der Waals surface area contributed by atoms with Gasteiger partial charge in [-0.2, -0.15) is 5.26 Å². The second-order valence-corrected chi connectivity index (χ2v) is 7.94. The number of aromatic nitrogens is 1. The first-order chi connectivity index (χ1) is 13.9. The van der Waals surface area contributed by atoms with E-state index >= 15 is 0 Å². The Morgan fingerprint density at radius 1 is 1.38 bits per heavy atom. The van der Waals surface area contributed by atoms with Crippen LogP contribution in [0.1, 0.15) is 36.2 Å². The molecule has 1 aliphatic carbocycles. The van der Waals surface area contributed by atoms with E-state index in [2.05, 4.69) is 16.4 Å². The molecule has 0 saturated heterocycles. The predicted octanol–water partition coefficient (Wildman–Crippen LogP) is 3.55. The number of nitrogens with one attached hydrogen (secondary N) is 1. The summed E-state index contributed by atoms with van der Waals surface area (Å²) in [7, 11) is 0. The highest BCUT2D eigenvalue weighted by Crippen LogP contribution is 2.40. The zero-order chi connectivity index (χ0) is 20.7. The Hall–Kier alpha value is -3.17. The lowest BCUT2D eigenvalue weighted by molar-refractivity contribution is -0.136. The van der Waals surface area contributed by atoms with Crippen LogP contribution in [-0.4, -0.2) is 27.7 Å². The van der Waals surface area contributed by atoms with E-state index in [4.69, 9.17) is 16.9 Å². The molecule has 29 heavy (non-hydrogen) atoms. The van der Waals surface area contributed by atoms with E-state index < -0.39 is 6.04 Å². The number of anilines is 1. The van der Waals surface area contributed by atoms with Gasteiger partial charge in [-0.05, 0) is 24.1 Å². The van der Waals surface area contributed by atoms with E-state index in [0.29, 0.717) is 28.3 Å². The van der Waals surface area contributed by atoms with Crippen LogP contribution in [0.25, 0.3) is 5.57 Å². The minimum absolute atomic E-state index is 0.123. The summed E-state index contributed by atoms with van der Waals surface area (Å²) in [5, 5.41) is 12.4. The number of nitriles is 1. The smallest absolute Gasteiger partial charge is 0.255 e. The Morgan fingerprint density at radius 3 is 2.90 bits per heavy atom. The molecule has 1 N–H and O–H groups in total. The topological polar surface area (TPSA) is 86.1 Å². The summed E-state index contributed by atoms with van der Waals surface area (Å²) in [5.74, 6) is -0.599. The first-order valence-corrected chi connectivity index (χ1v) is 9.77. The molecule has 1 atom stereocenters. The van der Waals surface area contributed by atoms with Crippen LogP contribution in [0.15, 0.2) is 36.5 Å². The number of halogens is 1. The van der Waals surface area contributed by atoms with Gasteiger partial charge in [0, 0.05) is 41.5 Å². The highest BCUT2D eigenvalue weighted by Gasteiger charge is 2.41. The van der Waals surface area contributed by atoms with Crippen LogP contribution in [0, 0.1) is 17.2 Å². The minimum Gasteiger partial charge on any atom is -0.324 e. The lowest BCUT2D eigenvalue weighted by Crippen LogP contribution is -2.51. The third-order valence-electron chi connectivity index (χ3n) is 5.30. The molecule has 7 heteroatoms. The first-order valence-electron chi connectivity index (χ1n) is 9.39. The van der Waals surface area contributed by atoms with Gasteiger partial charge in [0.15, 0.2) is 0 Å². The van der Waals surface area contributed by atoms with Gasteiger partial charge in [0.1, 0.15) is 6.04 Å². The predicted molar refractivity (Wildman–Crippen MR) is 110 cm³/mol. The fourth-order valence-corrected chi connectivity index (χ4v) is 4.20. The summed E-state index contributed by atoms with van der Waals surface area (Å²) >= 11 is 6.39. The Bertz CT molecular complexity index is 1100. The average molecular weight is 407 g/mol. The third kappa shape index (κ3) is 3.28. The number of carbonyl (C=O) groups excluding carboxylic acids is 2. The van der Waals surface area contributed by atoms with Crippen molar-refractivity contribution in [3.63, 3.8) is 0 Å². The highest BCUT2D eigenvalue weighted by atomic mass is 35.5. The lowest BCUT2D eigenvalue weighted by Gasteiger charge is -2.37. The largest absolute Gasteiger partial charge is 0.324 e. The maximum atomic E-state index is 13.2. The molecule has 1 aromatic carbocycles. The molecule has 0 bridgehead atoms. The molecule has 0 fully saturated rings.